The number of hydrogen-bond acceptors (Lipinski definition) is 5. The Labute approximate surface area is 216 Å². The van der Waals surface area contributed by atoms with Crippen LogP contribution in [-0.2, 0) is 11.3 Å². The van der Waals surface area contributed by atoms with Gasteiger partial charge in [-0.05, 0) is 61.6 Å². The first kappa shape index (κ1) is 25.0. The Morgan fingerprint density at radius 1 is 0.865 bits per heavy atom. The molecular formula is C30H34N4O3. The van der Waals surface area contributed by atoms with Crippen molar-refractivity contribution in [3.05, 3.63) is 111 Å². The summed E-state index contributed by atoms with van der Waals surface area (Å²) in [4.78, 5) is 29.5. The van der Waals surface area contributed by atoms with Gasteiger partial charge in [0, 0.05) is 25.3 Å². The van der Waals surface area contributed by atoms with Crippen LogP contribution in [0.1, 0.15) is 42.9 Å². The second-order valence-electron chi connectivity index (χ2n) is 9.77. The van der Waals surface area contributed by atoms with Gasteiger partial charge in [-0.25, -0.2) is 4.79 Å². The molecule has 2 heterocycles. The van der Waals surface area contributed by atoms with E-state index in [-0.39, 0.29) is 17.9 Å². The van der Waals surface area contributed by atoms with Crippen molar-refractivity contribution < 1.29 is 4.74 Å². The normalized spacial score (nSPS) is 14.9. The van der Waals surface area contributed by atoms with Gasteiger partial charge in [-0.1, -0.05) is 60.7 Å². The summed E-state index contributed by atoms with van der Waals surface area (Å²) in [6.45, 7) is 3.55. The van der Waals surface area contributed by atoms with Crippen LogP contribution in [0.5, 0.6) is 0 Å². The Morgan fingerprint density at radius 3 is 2.14 bits per heavy atom. The van der Waals surface area contributed by atoms with Crippen LogP contribution in [0.15, 0.2) is 88.5 Å². The predicted octanol–water partition coefficient (Wildman–Crippen LogP) is 4.32. The van der Waals surface area contributed by atoms with Gasteiger partial charge in [0.05, 0.1) is 17.0 Å². The number of fused-ring (bicyclic) bond motifs is 1. The lowest BCUT2D eigenvalue weighted by atomic mass is 10.00. The Balaban J connectivity index is 1.13. The van der Waals surface area contributed by atoms with E-state index in [0.29, 0.717) is 23.1 Å². The monoisotopic (exact) mass is 498 g/mol. The third kappa shape index (κ3) is 6.01. The molecule has 0 atom stereocenters. The van der Waals surface area contributed by atoms with Crippen LogP contribution in [0.25, 0.3) is 10.9 Å². The topological polar surface area (TPSA) is 93.3 Å². The number of nitrogen functional groups attached to an aromatic ring is 1. The minimum atomic E-state index is -0.393. The predicted molar refractivity (Wildman–Crippen MR) is 148 cm³/mol. The maximum atomic E-state index is 12.4. The fourth-order valence-electron chi connectivity index (χ4n) is 5.21. The second kappa shape index (κ2) is 11.6. The molecule has 192 valence electrons. The highest BCUT2D eigenvalue weighted by molar-refractivity contribution is 5.81. The summed E-state index contributed by atoms with van der Waals surface area (Å²) in [5.74, 6) is 0. The molecule has 7 nitrogen and oxygen atoms in total. The summed E-state index contributed by atoms with van der Waals surface area (Å²) in [5.41, 5.74) is 8.57. The van der Waals surface area contributed by atoms with Crippen LogP contribution in [0.2, 0.25) is 0 Å². The maximum absolute atomic E-state index is 12.4. The fourth-order valence-corrected chi connectivity index (χ4v) is 5.21. The number of anilines is 1. The van der Waals surface area contributed by atoms with E-state index >= 15 is 0 Å². The molecule has 0 unspecified atom stereocenters. The molecule has 0 spiro atoms. The number of aryl methyl sites for hydroxylation is 1. The van der Waals surface area contributed by atoms with E-state index in [2.05, 4.69) is 58.4 Å². The number of benzene rings is 3. The summed E-state index contributed by atoms with van der Waals surface area (Å²) >= 11 is 0. The van der Waals surface area contributed by atoms with Crippen LogP contribution < -0.4 is 17.0 Å². The van der Waals surface area contributed by atoms with E-state index in [9.17, 15) is 9.59 Å². The van der Waals surface area contributed by atoms with E-state index in [0.717, 1.165) is 45.3 Å². The standard InChI is InChI=1S/C30H34N4O3/c31-24-13-14-27-26(21-24)29(35)32-30(36)34(27)18-8-7-17-33-19-15-25(16-20-33)37-28(22-9-3-1-4-10-22)23-11-5-2-6-12-23/h1-6,9-14,21,25,28H,7-8,15-20,31H2,(H,32,35,36). The Bertz CT molecular complexity index is 1380. The van der Waals surface area contributed by atoms with E-state index in [1.807, 2.05) is 12.1 Å². The number of nitrogens with one attached hydrogen (secondary N) is 1. The number of aromatic nitrogens is 2. The quantitative estimate of drug-likeness (QED) is 0.265. The number of hydrogen-bond donors (Lipinski definition) is 2. The molecule has 4 aromatic rings. The largest absolute Gasteiger partial charge is 0.399 e. The molecule has 0 saturated carbocycles. The first-order valence-corrected chi connectivity index (χ1v) is 13.1. The van der Waals surface area contributed by atoms with Gasteiger partial charge >= 0.3 is 5.69 Å². The number of rotatable bonds is 9. The Morgan fingerprint density at radius 2 is 1.49 bits per heavy atom. The summed E-state index contributed by atoms with van der Waals surface area (Å²) in [6, 6.07) is 26.0. The molecule has 5 rings (SSSR count). The summed E-state index contributed by atoms with van der Waals surface area (Å²) < 4.78 is 8.31. The van der Waals surface area contributed by atoms with Crippen LogP contribution in [0.3, 0.4) is 0 Å². The second-order valence-corrected chi connectivity index (χ2v) is 9.77. The molecule has 37 heavy (non-hydrogen) atoms. The van der Waals surface area contributed by atoms with E-state index in [1.54, 1.807) is 22.8 Å². The van der Waals surface area contributed by atoms with Gasteiger partial charge in [-0.3, -0.25) is 14.3 Å². The minimum absolute atomic E-state index is 0.0558. The van der Waals surface area contributed by atoms with Crippen molar-refractivity contribution in [2.45, 2.75) is 44.4 Å². The van der Waals surface area contributed by atoms with Crippen LogP contribution in [-0.4, -0.2) is 40.2 Å². The molecule has 0 bridgehead atoms. The number of aromatic amines is 1. The molecule has 1 fully saturated rings. The van der Waals surface area contributed by atoms with Crippen molar-refractivity contribution >= 4 is 16.6 Å². The number of nitrogens with two attached hydrogens (primary N) is 1. The lowest BCUT2D eigenvalue weighted by molar-refractivity contribution is -0.0271. The van der Waals surface area contributed by atoms with Crippen LogP contribution >= 0.6 is 0 Å². The zero-order chi connectivity index (χ0) is 25.6. The van der Waals surface area contributed by atoms with Crippen molar-refractivity contribution in [2.75, 3.05) is 25.4 Å². The highest BCUT2D eigenvalue weighted by atomic mass is 16.5. The van der Waals surface area contributed by atoms with Gasteiger partial charge in [-0.15, -0.1) is 0 Å². The first-order chi connectivity index (χ1) is 18.1. The van der Waals surface area contributed by atoms with Crippen molar-refractivity contribution in [1.82, 2.24) is 14.5 Å². The minimum Gasteiger partial charge on any atom is -0.399 e. The molecular weight excluding hydrogens is 464 g/mol. The molecule has 0 amide bonds. The van der Waals surface area contributed by atoms with Crippen LogP contribution in [0.4, 0.5) is 5.69 Å². The SMILES string of the molecule is Nc1ccc2c(c1)c(=O)[nH]c(=O)n2CCCCN1CCC(OC(c2ccccc2)c2ccccc2)CC1. The lowest BCUT2D eigenvalue weighted by Gasteiger charge is -2.34. The smallest absolute Gasteiger partial charge is 0.328 e. The van der Waals surface area contributed by atoms with E-state index in [4.69, 9.17) is 10.5 Å². The molecule has 1 aromatic heterocycles. The van der Waals surface area contributed by atoms with E-state index < -0.39 is 5.56 Å². The number of ether oxygens (including phenoxy) is 1. The third-order valence-electron chi connectivity index (χ3n) is 7.20. The lowest BCUT2D eigenvalue weighted by Crippen LogP contribution is -2.38. The average molecular weight is 499 g/mol. The van der Waals surface area contributed by atoms with E-state index in [1.165, 1.54) is 11.1 Å². The fraction of sp³-hybridized carbons (Fsp3) is 0.333. The number of unbranched alkanes of at least 4 members (excludes halogenated alkanes) is 1. The van der Waals surface area contributed by atoms with Crippen molar-refractivity contribution in [2.24, 2.45) is 0 Å². The van der Waals surface area contributed by atoms with Crippen LogP contribution in [0, 0.1) is 0 Å². The molecule has 3 N–H and O–H groups in total. The third-order valence-corrected chi connectivity index (χ3v) is 7.20. The van der Waals surface area contributed by atoms with Gasteiger partial charge in [-0.2, -0.15) is 0 Å². The first-order valence-electron chi connectivity index (χ1n) is 13.1. The van der Waals surface area contributed by atoms with Gasteiger partial charge in [0.15, 0.2) is 0 Å². The average Bonchev–Trinajstić information content (AvgIpc) is 2.93. The Hall–Kier alpha value is -3.68. The number of H-pyrrole nitrogens is 1. The number of likely N-dealkylation sites (tertiary alicyclic amines) is 1. The molecule has 0 aliphatic carbocycles. The van der Waals surface area contributed by atoms with Crippen molar-refractivity contribution in [3.8, 4) is 0 Å². The van der Waals surface area contributed by atoms with Gasteiger partial charge < -0.3 is 15.4 Å². The molecule has 0 radical (unpaired) electrons. The van der Waals surface area contributed by atoms with Gasteiger partial charge in [0.1, 0.15) is 6.10 Å². The summed E-state index contributed by atoms with van der Waals surface area (Å²) in [6.07, 6.45) is 4.00. The maximum Gasteiger partial charge on any atom is 0.328 e. The van der Waals surface area contributed by atoms with Gasteiger partial charge in [0.2, 0.25) is 0 Å². The molecule has 7 heteroatoms. The summed E-state index contributed by atoms with van der Waals surface area (Å²) in [5, 5.41) is 0.450. The highest BCUT2D eigenvalue weighted by Crippen LogP contribution is 2.30. The number of nitrogens with zero attached hydrogens (tertiary/aromatic N) is 2. The van der Waals surface area contributed by atoms with Crippen molar-refractivity contribution in [3.63, 3.8) is 0 Å². The zero-order valence-corrected chi connectivity index (χ0v) is 21.0. The zero-order valence-electron chi connectivity index (χ0n) is 21.0. The number of piperidine rings is 1. The molecule has 3 aromatic carbocycles. The summed E-state index contributed by atoms with van der Waals surface area (Å²) in [7, 11) is 0. The molecule has 1 saturated heterocycles. The van der Waals surface area contributed by atoms with Gasteiger partial charge in [0.25, 0.3) is 5.56 Å². The molecule has 1 aliphatic rings. The molecule has 1 aliphatic heterocycles. The van der Waals surface area contributed by atoms with Crippen molar-refractivity contribution in [1.29, 1.82) is 0 Å². The Kier molecular flexibility index (Phi) is 7.82. The highest BCUT2D eigenvalue weighted by Gasteiger charge is 2.24.